The summed E-state index contributed by atoms with van der Waals surface area (Å²) < 4.78 is 10.2. The molecule has 2 N–H and O–H groups in total. The zero-order chi connectivity index (χ0) is 22.3. The van der Waals surface area contributed by atoms with Crippen molar-refractivity contribution in [2.45, 2.75) is 111 Å². The van der Waals surface area contributed by atoms with Crippen LogP contribution in [0.3, 0.4) is 0 Å². The lowest BCUT2D eigenvalue weighted by molar-refractivity contribution is -0.151. The number of carbonyl (C=O) groups excluding carboxylic acids is 3. The van der Waals surface area contributed by atoms with Crippen molar-refractivity contribution in [2.24, 2.45) is 17.1 Å². The molecule has 170 valence electrons. The molecule has 1 amide bonds. The minimum absolute atomic E-state index is 0.0619. The molecule has 0 saturated carbocycles. The molecule has 0 aliphatic rings. The number of ether oxygens (including phenoxy) is 2. The Kier molecular flexibility index (Phi) is 14.4. The van der Waals surface area contributed by atoms with Gasteiger partial charge in [0.15, 0.2) is 0 Å². The smallest absolute Gasteiger partial charge is 0.311 e. The predicted molar refractivity (Wildman–Crippen MR) is 115 cm³/mol. The molecule has 0 spiro atoms. The molecule has 0 aliphatic carbocycles. The standard InChI is InChI=1S/C23H43NO5/c1-6-7-9-15-20(29-18(2)25)16-12-14-19(21(24)26)13-10-8-11-17-23(3,4)22(27)28-5/h19-20H,6-17H2,1-5H3,(H2,24,26). The zero-order valence-corrected chi connectivity index (χ0v) is 19.3. The molecule has 6 heteroatoms. The van der Waals surface area contributed by atoms with Gasteiger partial charge in [0.2, 0.25) is 5.91 Å². The summed E-state index contributed by atoms with van der Waals surface area (Å²) in [6.45, 7) is 7.38. The molecule has 0 bridgehead atoms. The third-order valence-corrected chi connectivity index (χ3v) is 5.54. The van der Waals surface area contributed by atoms with E-state index in [1.54, 1.807) is 0 Å². The fourth-order valence-electron chi connectivity index (χ4n) is 3.65. The number of primary amides is 1. The van der Waals surface area contributed by atoms with Gasteiger partial charge >= 0.3 is 11.9 Å². The van der Waals surface area contributed by atoms with E-state index in [1.165, 1.54) is 14.0 Å². The number of esters is 2. The fraction of sp³-hybridized carbons (Fsp3) is 0.870. The van der Waals surface area contributed by atoms with Crippen LogP contribution in [0.4, 0.5) is 0 Å². The maximum absolute atomic E-state index is 11.8. The molecule has 0 rings (SSSR count). The van der Waals surface area contributed by atoms with Gasteiger partial charge in [-0.3, -0.25) is 14.4 Å². The second-order valence-electron chi connectivity index (χ2n) is 8.73. The maximum atomic E-state index is 11.8. The van der Waals surface area contributed by atoms with E-state index in [2.05, 4.69) is 6.92 Å². The topological polar surface area (TPSA) is 95.7 Å². The summed E-state index contributed by atoms with van der Waals surface area (Å²) in [7, 11) is 1.41. The van der Waals surface area contributed by atoms with Crippen LogP contribution in [0.2, 0.25) is 0 Å². The Morgan fingerprint density at radius 2 is 1.48 bits per heavy atom. The van der Waals surface area contributed by atoms with Crippen LogP contribution in [0.25, 0.3) is 0 Å². The van der Waals surface area contributed by atoms with Crippen LogP contribution in [-0.2, 0) is 23.9 Å². The molecule has 0 saturated heterocycles. The second-order valence-corrected chi connectivity index (χ2v) is 8.73. The van der Waals surface area contributed by atoms with E-state index < -0.39 is 5.41 Å². The van der Waals surface area contributed by atoms with Gasteiger partial charge in [0.05, 0.1) is 12.5 Å². The van der Waals surface area contributed by atoms with E-state index in [-0.39, 0.29) is 29.9 Å². The number of hydrogen-bond donors (Lipinski definition) is 1. The molecular formula is C23H43NO5. The third-order valence-electron chi connectivity index (χ3n) is 5.54. The highest BCUT2D eigenvalue weighted by atomic mass is 16.5. The molecule has 0 aliphatic heterocycles. The molecule has 2 atom stereocenters. The first-order valence-corrected chi connectivity index (χ1v) is 11.2. The largest absolute Gasteiger partial charge is 0.469 e. The molecule has 0 aromatic carbocycles. The van der Waals surface area contributed by atoms with E-state index >= 15 is 0 Å². The average Bonchev–Trinajstić information content (AvgIpc) is 2.64. The number of rotatable bonds is 17. The van der Waals surface area contributed by atoms with E-state index in [4.69, 9.17) is 15.2 Å². The summed E-state index contributed by atoms with van der Waals surface area (Å²) in [5.74, 6) is -0.825. The van der Waals surface area contributed by atoms with Crippen LogP contribution in [0.15, 0.2) is 0 Å². The molecule has 29 heavy (non-hydrogen) atoms. The minimum Gasteiger partial charge on any atom is -0.469 e. The van der Waals surface area contributed by atoms with Gasteiger partial charge in [-0.25, -0.2) is 0 Å². The van der Waals surface area contributed by atoms with Crippen LogP contribution in [-0.4, -0.2) is 31.1 Å². The number of methoxy groups -OCH3 is 1. The van der Waals surface area contributed by atoms with Crippen LogP contribution in [0.1, 0.15) is 105 Å². The Bertz CT molecular complexity index is 490. The van der Waals surface area contributed by atoms with Crippen molar-refractivity contribution < 1.29 is 23.9 Å². The molecule has 0 fully saturated rings. The molecule has 0 aromatic heterocycles. The van der Waals surface area contributed by atoms with Crippen LogP contribution in [0.5, 0.6) is 0 Å². The fourth-order valence-corrected chi connectivity index (χ4v) is 3.65. The highest BCUT2D eigenvalue weighted by Crippen LogP contribution is 2.26. The number of unbranched alkanes of at least 4 members (excludes halogenated alkanes) is 4. The molecule has 2 unspecified atom stereocenters. The van der Waals surface area contributed by atoms with Crippen molar-refractivity contribution in [1.29, 1.82) is 0 Å². The van der Waals surface area contributed by atoms with Crippen LogP contribution >= 0.6 is 0 Å². The second kappa shape index (κ2) is 15.3. The van der Waals surface area contributed by atoms with Crippen molar-refractivity contribution in [2.75, 3.05) is 7.11 Å². The highest BCUT2D eigenvalue weighted by Gasteiger charge is 2.27. The lowest BCUT2D eigenvalue weighted by atomic mass is 9.86. The number of hydrogen-bond acceptors (Lipinski definition) is 5. The molecule has 0 heterocycles. The van der Waals surface area contributed by atoms with E-state index in [0.717, 1.165) is 77.0 Å². The average molecular weight is 414 g/mol. The Labute approximate surface area is 177 Å². The summed E-state index contributed by atoms with van der Waals surface area (Å²) in [6, 6.07) is 0. The Hall–Kier alpha value is -1.59. The Balaban J connectivity index is 4.25. The normalized spacial score (nSPS) is 13.6. The first-order chi connectivity index (χ1) is 13.6. The summed E-state index contributed by atoms with van der Waals surface area (Å²) in [4.78, 5) is 34.8. The number of amides is 1. The minimum atomic E-state index is -0.471. The summed E-state index contributed by atoms with van der Waals surface area (Å²) in [5, 5.41) is 0. The highest BCUT2D eigenvalue weighted by molar-refractivity contribution is 5.76. The predicted octanol–water partition coefficient (Wildman–Crippen LogP) is 4.92. The van der Waals surface area contributed by atoms with Gasteiger partial charge in [-0.15, -0.1) is 0 Å². The maximum Gasteiger partial charge on any atom is 0.311 e. The SMILES string of the molecule is CCCCCC(CCCC(CCCCCC(C)(C)C(=O)OC)C(N)=O)OC(C)=O. The Morgan fingerprint density at radius 1 is 0.897 bits per heavy atom. The summed E-state index contributed by atoms with van der Waals surface area (Å²) in [5.41, 5.74) is 5.12. The van der Waals surface area contributed by atoms with Gasteiger partial charge in [-0.1, -0.05) is 39.0 Å². The van der Waals surface area contributed by atoms with Gasteiger partial charge in [0.25, 0.3) is 0 Å². The van der Waals surface area contributed by atoms with Gasteiger partial charge < -0.3 is 15.2 Å². The molecular weight excluding hydrogens is 370 g/mol. The molecule has 0 aromatic rings. The lowest BCUT2D eigenvalue weighted by Crippen LogP contribution is -2.25. The molecule has 6 nitrogen and oxygen atoms in total. The van der Waals surface area contributed by atoms with E-state index in [9.17, 15) is 14.4 Å². The monoisotopic (exact) mass is 413 g/mol. The molecule has 0 radical (unpaired) electrons. The lowest BCUT2D eigenvalue weighted by Gasteiger charge is -2.21. The van der Waals surface area contributed by atoms with Crippen molar-refractivity contribution in [1.82, 2.24) is 0 Å². The zero-order valence-electron chi connectivity index (χ0n) is 19.3. The quantitative estimate of drug-likeness (QED) is 0.270. The van der Waals surface area contributed by atoms with Crippen LogP contribution in [0, 0.1) is 11.3 Å². The van der Waals surface area contributed by atoms with Gasteiger partial charge in [-0.2, -0.15) is 0 Å². The number of carbonyl (C=O) groups is 3. The van der Waals surface area contributed by atoms with Gasteiger partial charge in [-0.05, 0) is 58.8 Å². The van der Waals surface area contributed by atoms with Gasteiger partial charge in [0.1, 0.15) is 6.10 Å². The van der Waals surface area contributed by atoms with Crippen molar-refractivity contribution in [3.05, 3.63) is 0 Å². The number of nitrogens with two attached hydrogens (primary N) is 1. The third kappa shape index (κ3) is 13.3. The van der Waals surface area contributed by atoms with E-state index in [0.29, 0.717) is 0 Å². The van der Waals surface area contributed by atoms with Gasteiger partial charge in [0, 0.05) is 12.8 Å². The Morgan fingerprint density at radius 3 is 2.03 bits per heavy atom. The van der Waals surface area contributed by atoms with E-state index in [1.807, 2.05) is 13.8 Å². The first kappa shape index (κ1) is 27.4. The van der Waals surface area contributed by atoms with Crippen molar-refractivity contribution in [3.8, 4) is 0 Å². The first-order valence-electron chi connectivity index (χ1n) is 11.2. The van der Waals surface area contributed by atoms with Crippen molar-refractivity contribution in [3.63, 3.8) is 0 Å². The summed E-state index contributed by atoms with van der Waals surface area (Å²) in [6.07, 6.45) is 10.8. The summed E-state index contributed by atoms with van der Waals surface area (Å²) >= 11 is 0. The van der Waals surface area contributed by atoms with Crippen LogP contribution < -0.4 is 5.73 Å². The van der Waals surface area contributed by atoms with Crippen molar-refractivity contribution >= 4 is 17.8 Å².